The summed E-state index contributed by atoms with van der Waals surface area (Å²) in [7, 11) is 0. The molecule has 2 aromatic carbocycles. The molecule has 0 bridgehead atoms. The Hall–Kier alpha value is -2.73. The maximum absolute atomic E-state index is 12.6. The molecule has 4 rings (SSSR count). The Bertz CT molecular complexity index is 816. The Morgan fingerprint density at radius 3 is 2.79 bits per heavy atom. The van der Waals surface area contributed by atoms with Gasteiger partial charge in [0.05, 0.1) is 11.7 Å². The van der Waals surface area contributed by atoms with E-state index in [1.807, 2.05) is 36.4 Å². The minimum absolute atomic E-state index is 0.117. The lowest BCUT2D eigenvalue weighted by Gasteiger charge is -2.19. The maximum atomic E-state index is 12.6. The van der Waals surface area contributed by atoms with E-state index in [-0.39, 0.29) is 12.0 Å². The predicted octanol–water partition coefficient (Wildman–Crippen LogP) is 2.99. The maximum Gasteiger partial charge on any atom is 0.255 e. The molecule has 0 unspecified atom stereocenters. The highest BCUT2D eigenvalue weighted by atomic mass is 16.6. The molecule has 6 nitrogen and oxygen atoms in total. The lowest BCUT2D eigenvalue weighted by molar-refractivity contribution is 0.0670. The van der Waals surface area contributed by atoms with Crippen molar-refractivity contribution < 1.29 is 23.7 Å². The molecule has 2 aliphatic rings. The number of amides is 1. The Morgan fingerprint density at radius 1 is 1.07 bits per heavy atom. The van der Waals surface area contributed by atoms with Gasteiger partial charge in [0, 0.05) is 13.2 Å². The monoisotopic (exact) mass is 383 g/mol. The van der Waals surface area contributed by atoms with E-state index < -0.39 is 0 Å². The highest BCUT2D eigenvalue weighted by molar-refractivity contribution is 5.96. The van der Waals surface area contributed by atoms with Crippen LogP contribution in [-0.2, 0) is 11.2 Å². The number of para-hydroxylation sites is 1. The smallest absolute Gasteiger partial charge is 0.255 e. The largest absolute Gasteiger partial charge is 0.490 e. The van der Waals surface area contributed by atoms with Crippen LogP contribution < -0.4 is 19.5 Å². The van der Waals surface area contributed by atoms with Crippen molar-refractivity contribution in [3.63, 3.8) is 0 Å². The summed E-state index contributed by atoms with van der Waals surface area (Å²) in [6, 6.07) is 13.2. The number of rotatable bonds is 7. The van der Waals surface area contributed by atoms with Crippen LogP contribution in [0.25, 0.3) is 0 Å². The van der Waals surface area contributed by atoms with Gasteiger partial charge in [0.2, 0.25) is 0 Å². The van der Waals surface area contributed by atoms with Gasteiger partial charge in [0.25, 0.3) is 5.91 Å². The van der Waals surface area contributed by atoms with E-state index in [9.17, 15) is 4.79 Å². The molecule has 1 N–H and O–H groups in total. The number of nitrogens with one attached hydrogen (secondary N) is 1. The SMILES string of the molecule is O=C(NCCc1ccc2c(c1)OCCO2)c1ccccc1OC[C@@H]1CCCO1. The molecule has 148 valence electrons. The standard InChI is InChI=1S/C22H25NO5/c24-22(18-5-1-2-6-19(18)28-15-17-4-3-11-25-17)23-10-9-16-7-8-20-21(14-16)27-13-12-26-20/h1-2,5-8,14,17H,3-4,9-13,15H2,(H,23,24)/t17-/m0/s1. The summed E-state index contributed by atoms with van der Waals surface area (Å²) in [4.78, 5) is 12.6. The van der Waals surface area contributed by atoms with Crippen molar-refractivity contribution in [3.05, 3.63) is 53.6 Å². The van der Waals surface area contributed by atoms with Crippen molar-refractivity contribution in [2.75, 3.05) is 33.0 Å². The van der Waals surface area contributed by atoms with E-state index in [4.69, 9.17) is 18.9 Å². The normalized spacial score (nSPS) is 17.9. The van der Waals surface area contributed by atoms with Crippen molar-refractivity contribution in [1.82, 2.24) is 5.32 Å². The third-order valence-corrected chi connectivity index (χ3v) is 4.89. The van der Waals surface area contributed by atoms with Crippen LogP contribution in [0.15, 0.2) is 42.5 Å². The zero-order chi connectivity index (χ0) is 19.2. The van der Waals surface area contributed by atoms with Gasteiger partial charge in [-0.15, -0.1) is 0 Å². The van der Waals surface area contributed by atoms with Gasteiger partial charge in [0.15, 0.2) is 11.5 Å². The van der Waals surface area contributed by atoms with Crippen LogP contribution in [0, 0.1) is 0 Å². The molecular formula is C22H25NO5. The fourth-order valence-electron chi connectivity index (χ4n) is 3.40. The first-order chi connectivity index (χ1) is 13.8. The van der Waals surface area contributed by atoms with Crippen LogP contribution in [0.2, 0.25) is 0 Å². The summed E-state index contributed by atoms with van der Waals surface area (Å²) < 4.78 is 22.6. The first-order valence-corrected chi connectivity index (χ1v) is 9.80. The average Bonchev–Trinajstić information content (AvgIpc) is 3.26. The molecule has 2 aliphatic heterocycles. The molecule has 2 heterocycles. The number of ether oxygens (including phenoxy) is 4. The minimum atomic E-state index is -0.138. The zero-order valence-electron chi connectivity index (χ0n) is 15.8. The quantitative estimate of drug-likeness (QED) is 0.796. The van der Waals surface area contributed by atoms with Crippen molar-refractivity contribution in [3.8, 4) is 17.2 Å². The molecule has 1 atom stereocenters. The van der Waals surface area contributed by atoms with Crippen LogP contribution in [0.4, 0.5) is 0 Å². The van der Waals surface area contributed by atoms with Gasteiger partial charge in [-0.2, -0.15) is 0 Å². The molecule has 6 heteroatoms. The second-order valence-electron chi connectivity index (χ2n) is 6.93. The van der Waals surface area contributed by atoms with Gasteiger partial charge in [-0.25, -0.2) is 0 Å². The Balaban J connectivity index is 1.31. The molecule has 0 radical (unpaired) electrons. The van der Waals surface area contributed by atoms with E-state index in [2.05, 4.69) is 5.32 Å². The lowest BCUT2D eigenvalue weighted by atomic mass is 10.1. The topological polar surface area (TPSA) is 66.0 Å². The average molecular weight is 383 g/mol. The summed E-state index contributed by atoms with van der Waals surface area (Å²) in [6.45, 7) is 2.93. The van der Waals surface area contributed by atoms with Gasteiger partial charge in [0.1, 0.15) is 25.6 Å². The molecule has 28 heavy (non-hydrogen) atoms. The van der Waals surface area contributed by atoms with Gasteiger partial charge < -0.3 is 24.3 Å². The van der Waals surface area contributed by atoms with Crippen LogP contribution in [-0.4, -0.2) is 45.0 Å². The number of hydrogen-bond acceptors (Lipinski definition) is 5. The second kappa shape index (κ2) is 8.97. The third-order valence-electron chi connectivity index (χ3n) is 4.89. The molecule has 0 saturated carbocycles. The summed E-state index contributed by atoms with van der Waals surface area (Å²) in [5.41, 5.74) is 1.63. The first-order valence-electron chi connectivity index (χ1n) is 9.80. The second-order valence-corrected chi connectivity index (χ2v) is 6.93. The molecule has 0 spiro atoms. The van der Waals surface area contributed by atoms with E-state index in [1.54, 1.807) is 6.07 Å². The van der Waals surface area contributed by atoms with Crippen LogP contribution in [0.1, 0.15) is 28.8 Å². The number of carbonyl (C=O) groups excluding carboxylic acids is 1. The summed E-state index contributed by atoms with van der Waals surface area (Å²) in [5.74, 6) is 2.00. The molecule has 1 saturated heterocycles. The van der Waals surface area contributed by atoms with Crippen LogP contribution in [0.3, 0.4) is 0 Å². The number of benzene rings is 2. The van der Waals surface area contributed by atoms with E-state index >= 15 is 0 Å². The van der Waals surface area contributed by atoms with Crippen LogP contribution in [0.5, 0.6) is 17.2 Å². The van der Waals surface area contributed by atoms with Gasteiger partial charge in [-0.1, -0.05) is 18.2 Å². The Morgan fingerprint density at radius 2 is 1.93 bits per heavy atom. The van der Waals surface area contributed by atoms with Crippen molar-refractivity contribution in [1.29, 1.82) is 0 Å². The fourth-order valence-corrected chi connectivity index (χ4v) is 3.40. The molecular weight excluding hydrogens is 358 g/mol. The molecule has 1 fully saturated rings. The van der Waals surface area contributed by atoms with Gasteiger partial charge in [-0.05, 0) is 49.1 Å². The lowest BCUT2D eigenvalue weighted by Crippen LogP contribution is -2.27. The van der Waals surface area contributed by atoms with E-state index in [0.717, 1.165) is 36.5 Å². The Labute approximate surface area is 164 Å². The van der Waals surface area contributed by atoms with Crippen LogP contribution >= 0.6 is 0 Å². The number of carbonyl (C=O) groups is 1. The fraction of sp³-hybridized carbons (Fsp3) is 0.409. The molecule has 1 amide bonds. The van der Waals surface area contributed by atoms with Crippen molar-refractivity contribution in [2.45, 2.75) is 25.4 Å². The van der Waals surface area contributed by atoms with Crippen molar-refractivity contribution in [2.24, 2.45) is 0 Å². The highest BCUT2D eigenvalue weighted by Crippen LogP contribution is 2.30. The van der Waals surface area contributed by atoms with Gasteiger partial charge >= 0.3 is 0 Å². The number of fused-ring (bicyclic) bond motifs is 1. The Kier molecular flexibility index (Phi) is 5.97. The molecule has 0 aliphatic carbocycles. The molecule has 2 aromatic rings. The highest BCUT2D eigenvalue weighted by Gasteiger charge is 2.18. The van der Waals surface area contributed by atoms with Crippen molar-refractivity contribution >= 4 is 5.91 Å². The van der Waals surface area contributed by atoms with E-state index in [1.165, 1.54) is 0 Å². The van der Waals surface area contributed by atoms with E-state index in [0.29, 0.717) is 44.1 Å². The first kappa shape index (κ1) is 18.6. The number of hydrogen-bond donors (Lipinski definition) is 1. The summed E-state index contributed by atoms with van der Waals surface area (Å²) in [6.07, 6.45) is 2.90. The third kappa shape index (κ3) is 4.57. The molecule has 0 aromatic heterocycles. The zero-order valence-corrected chi connectivity index (χ0v) is 15.8. The minimum Gasteiger partial charge on any atom is -0.490 e. The summed E-state index contributed by atoms with van der Waals surface area (Å²) in [5, 5.41) is 2.97. The predicted molar refractivity (Wildman–Crippen MR) is 104 cm³/mol. The van der Waals surface area contributed by atoms with Gasteiger partial charge in [-0.3, -0.25) is 4.79 Å². The summed E-state index contributed by atoms with van der Waals surface area (Å²) >= 11 is 0.